The summed E-state index contributed by atoms with van der Waals surface area (Å²) < 4.78 is 96.7. The van der Waals surface area contributed by atoms with Crippen LogP contribution in [0.3, 0.4) is 0 Å². The van der Waals surface area contributed by atoms with E-state index < -0.39 is 53.8 Å². The van der Waals surface area contributed by atoms with E-state index in [1.165, 1.54) is 18.3 Å². The van der Waals surface area contributed by atoms with E-state index in [4.69, 9.17) is 9.47 Å². The van der Waals surface area contributed by atoms with Gasteiger partial charge in [-0.2, -0.15) is 26.3 Å². The number of hydrogen-bond acceptors (Lipinski definition) is 7. The number of nitrogens with zero attached hydrogens (tertiary/aromatic N) is 3. The van der Waals surface area contributed by atoms with E-state index in [2.05, 4.69) is 20.6 Å². The maximum Gasteiger partial charge on any atom is 0.430 e. The number of alkyl halides is 6. The number of aromatic nitrogens is 2. The third-order valence-electron chi connectivity index (χ3n) is 7.11. The highest BCUT2D eigenvalue weighted by Crippen LogP contribution is 2.53. The molecule has 1 unspecified atom stereocenters. The molecule has 46 heavy (non-hydrogen) atoms. The van der Waals surface area contributed by atoms with E-state index in [1.54, 1.807) is 45.3 Å². The lowest BCUT2D eigenvalue weighted by Gasteiger charge is -2.39. The standard InChI is InChI=1S/C31H33F6N5O4/c1-28(2,3)46-27(44)42-17-5-6-23(42)19-45-29(30(32,33)34,31(35,36)37)21-8-10-22(11-9-21)41-26(43)24-7-4-14-39-25(24)40-18-20-12-15-38-16-13-20/h4,7-16,23H,5-6,17-19H2,1-3H3,(H,39,40)(H,41,43). The molecule has 1 aliphatic heterocycles. The van der Waals surface area contributed by atoms with Crippen molar-refractivity contribution < 1.29 is 45.4 Å². The van der Waals surface area contributed by atoms with Gasteiger partial charge in [0.1, 0.15) is 11.4 Å². The Morgan fingerprint density at radius 1 is 0.935 bits per heavy atom. The summed E-state index contributed by atoms with van der Waals surface area (Å²) in [7, 11) is 0. The second kappa shape index (κ2) is 13.5. The van der Waals surface area contributed by atoms with Gasteiger partial charge in [-0.3, -0.25) is 9.78 Å². The molecule has 3 aromatic rings. The molecule has 248 valence electrons. The lowest BCUT2D eigenvalue weighted by Crippen LogP contribution is -2.57. The van der Waals surface area contributed by atoms with Gasteiger partial charge in [0.2, 0.25) is 0 Å². The predicted molar refractivity (Wildman–Crippen MR) is 156 cm³/mol. The van der Waals surface area contributed by atoms with Gasteiger partial charge in [0, 0.05) is 42.9 Å². The van der Waals surface area contributed by atoms with Crippen molar-refractivity contribution in [2.24, 2.45) is 0 Å². The topological polar surface area (TPSA) is 106 Å². The minimum Gasteiger partial charge on any atom is -0.444 e. The number of anilines is 2. The molecular weight excluding hydrogens is 620 g/mol. The first kappa shape index (κ1) is 34.5. The summed E-state index contributed by atoms with van der Waals surface area (Å²) in [5, 5.41) is 5.49. The average Bonchev–Trinajstić information content (AvgIpc) is 3.44. The monoisotopic (exact) mass is 653 g/mol. The third kappa shape index (κ3) is 7.87. The summed E-state index contributed by atoms with van der Waals surface area (Å²) in [4.78, 5) is 34.8. The predicted octanol–water partition coefficient (Wildman–Crippen LogP) is 7.08. The summed E-state index contributed by atoms with van der Waals surface area (Å²) in [5.74, 6) is -0.488. The number of benzene rings is 1. The van der Waals surface area contributed by atoms with Gasteiger partial charge >= 0.3 is 18.4 Å². The van der Waals surface area contributed by atoms with Crippen LogP contribution in [0.5, 0.6) is 0 Å². The highest BCUT2D eigenvalue weighted by atomic mass is 19.4. The number of likely N-dealkylation sites (tertiary alicyclic amines) is 1. The Morgan fingerprint density at radius 3 is 2.20 bits per heavy atom. The molecule has 0 saturated carbocycles. The van der Waals surface area contributed by atoms with E-state index in [0.29, 0.717) is 25.1 Å². The molecule has 3 heterocycles. The van der Waals surface area contributed by atoms with Crippen molar-refractivity contribution >= 4 is 23.5 Å². The molecule has 0 spiro atoms. The van der Waals surface area contributed by atoms with Gasteiger partial charge in [0.05, 0.1) is 18.2 Å². The summed E-state index contributed by atoms with van der Waals surface area (Å²) in [5.41, 5.74) is -5.99. The highest BCUT2D eigenvalue weighted by molar-refractivity contribution is 6.07. The first-order chi connectivity index (χ1) is 21.5. The van der Waals surface area contributed by atoms with Crippen LogP contribution in [0.2, 0.25) is 0 Å². The zero-order chi connectivity index (χ0) is 33.8. The van der Waals surface area contributed by atoms with Crippen LogP contribution in [0.25, 0.3) is 0 Å². The second-order valence-corrected chi connectivity index (χ2v) is 11.6. The van der Waals surface area contributed by atoms with Crippen LogP contribution in [-0.4, -0.2) is 64.0 Å². The van der Waals surface area contributed by atoms with Crippen LogP contribution < -0.4 is 10.6 Å². The number of nitrogens with one attached hydrogen (secondary N) is 2. The SMILES string of the molecule is CC(C)(C)OC(=O)N1CCCC1COC(c1ccc(NC(=O)c2cccnc2NCc2ccncc2)cc1)(C(F)(F)F)C(F)(F)F. The number of carbonyl (C=O) groups excluding carboxylic acids is 2. The van der Waals surface area contributed by atoms with Gasteiger partial charge in [-0.1, -0.05) is 12.1 Å². The van der Waals surface area contributed by atoms with E-state index in [9.17, 15) is 35.9 Å². The normalized spacial score (nSPS) is 15.8. The average molecular weight is 654 g/mol. The quantitative estimate of drug-likeness (QED) is 0.238. The fourth-order valence-electron chi connectivity index (χ4n) is 4.93. The fraction of sp³-hybridized carbons (Fsp3) is 0.419. The van der Waals surface area contributed by atoms with Crippen LogP contribution in [0.15, 0.2) is 67.1 Å². The summed E-state index contributed by atoms with van der Waals surface area (Å²) in [6.07, 6.45) is -7.60. The Balaban J connectivity index is 1.54. The van der Waals surface area contributed by atoms with Crippen molar-refractivity contribution in [3.63, 3.8) is 0 Å². The van der Waals surface area contributed by atoms with Crippen molar-refractivity contribution in [1.29, 1.82) is 0 Å². The fourth-order valence-corrected chi connectivity index (χ4v) is 4.93. The number of amides is 2. The molecule has 2 N–H and O–H groups in total. The van der Waals surface area contributed by atoms with Gasteiger partial charge in [-0.25, -0.2) is 9.78 Å². The van der Waals surface area contributed by atoms with Gasteiger partial charge in [-0.15, -0.1) is 0 Å². The van der Waals surface area contributed by atoms with Crippen LogP contribution >= 0.6 is 0 Å². The molecule has 4 rings (SSSR count). The van der Waals surface area contributed by atoms with Crippen LogP contribution in [-0.2, 0) is 21.6 Å². The number of hydrogen-bond donors (Lipinski definition) is 2. The first-order valence-corrected chi connectivity index (χ1v) is 14.3. The van der Waals surface area contributed by atoms with E-state index in [1.807, 2.05) is 0 Å². The van der Waals surface area contributed by atoms with Crippen molar-refractivity contribution in [2.75, 3.05) is 23.8 Å². The molecule has 1 fully saturated rings. The smallest absolute Gasteiger partial charge is 0.430 e. The molecule has 1 aromatic carbocycles. The Morgan fingerprint density at radius 2 is 1.59 bits per heavy atom. The molecule has 1 saturated heterocycles. The molecule has 0 radical (unpaired) electrons. The number of halogens is 6. The molecule has 15 heteroatoms. The van der Waals surface area contributed by atoms with Crippen molar-refractivity contribution in [3.05, 3.63) is 83.8 Å². The lowest BCUT2D eigenvalue weighted by molar-refractivity contribution is -0.390. The van der Waals surface area contributed by atoms with Gasteiger partial charge in [0.15, 0.2) is 0 Å². The maximum atomic E-state index is 14.4. The second-order valence-electron chi connectivity index (χ2n) is 11.6. The minimum atomic E-state index is -5.93. The molecule has 2 amide bonds. The summed E-state index contributed by atoms with van der Waals surface area (Å²) in [6, 6.07) is 8.45. The number of pyridine rings is 2. The lowest BCUT2D eigenvalue weighted by atomic mass is 9.91. The van der Waals surface area contributed by atoms with Crippen molar-refractivity contribution in [3.8, 4) is 0 Å². The van der Waals surface area contributed by atoms with E-state index in [-0.39, 0.29) is 30.0 Å². The van der Waals surface area contributed by atoms with E-state index >= 15 is 0 Å². The Kier molecular flexibility index (Phi) is 10.1. The molecular formula is C31H33F6N5O4. The van der Waals surface area contributed by atoms with Crippen LogP contribution in [0.4, 0.5) is 42.6 Å². The van der Waals surface area contributed by atoms with Gasteiger partial charge < -0.3 is 25.0 Å². The maximum absolute atomic E-state index is 14.4. The van der Waals surface area contributed by atoms with E-state index in [0.717, 1.165) is 22.6 Å². The molecule has 9 nitrogen and oxygen atoms in total. The minimum absolute atomic E-state index is 0.0668. The summed E-state index contributed by atoms with van der Waals surface area (Å²) >= 11 is 0. The molecule has 1 aliphatic rings. The number of carbonyl (C=O) groups is 2. The van der Waals surface area contributed by atoms with Gasteiger partial charge in [-0.05, 0) is 75.6 Å². The Labute approximate surface area is 261 Å². The van der Waals surface area contributed by atoms with Crippen molar-refractivity contribution in [1.82, 2.24) is 14.9 Å². The van der Waals surface area contributed by atoms with Gasteiger partial charge in [0.25, 0.3) is 11.5 Å². The molecule has 2 aromatic heterocycles. The molecule has 0 aliphatic carbocycles. The zero-order valence-corrected chi connectivity index (χ0v) is 25.2. The Bertz CT molecular complexity index is 1480. The zero-order valence-electron chi connectivity index (χ0n) is 25.2. The van der Waals surface area contributed by atoms with Crippen LogP contribution in [0, 0.1) is 0 Å². The number of rotatable bonds is 9. The highest BCUT2D eigenvalue weighted by Gasteiger charge is 2.73. The van der Waals surface area contributed by atoms with Crippen LogP contribution in [0.1, 0.15) is 55.1 Å². The molecule has 0 bridgehead atoms. The Hall–Kier alpha value is -4.40. The number of ether oxygens (including phenoxy) is 2. The first-order valence-electron chi connectivity index (χ1n) is 14.3. The third-order valence-corrected chi connectivity index (χ3v) is 7.11. The molecule has 1 atom stereocenters. The largest absolute Gasteiger partial charge is 0.444 e. The summed E-state index contributed by atoms with van der Waals surface area (Å²) in [6.45, 7) is 4.13. The van der Waals surface area contributed by atoms with Crippen molar-refractivity contribution in [2.45, 2.75) is 69.8 Å².